The quantitative estimate of drug-likeness (QED) is 0.468. The summed E-state index contributed by atoms with van der Waals surface area (Å²) < 4.78 is 27.3. The number of anilines is 2. The number of carbonyl (C=O) groups is 2. The first kappa shape index (κ1) is 24.7. The van der Waals surface area contributed by atoms with Crippen LogP contribution >= 0.6 is 23.2 Å². The molecule has 0 heterocycles. The van der Waals surface area contributed by atoms with Gasteiger partial charge in [0, 0.05) is 0 Å². The Morgan fingerprint density at radius 1 is 0.758 bits per heavy atom. The van der Waals surface area contributed by atoms with E-state index in [1.54, 1.807) is 60.7 Å². The van der Waals surface area contributed by atoms with Crippen molar-refractivity contribution in [2.24, 2.45) is 0 Å². The maximum Gasteiger partial charge on any atom is 0.244 e. The average molecular weight is 506 g/mol. The summed E-state index contributed by atoms with van der Waals surface area (Å²) in [5.41, 5.74) is 1.53. The van der Waals surface area contributed by atoms with Crippen molar-refractivity contribution in [3.05, 3.63) is 88.4 Å². The number of hydrogen-bond acceptors (Lipinski definition) is 4. The number of aryl methyl sites for hydroxylation is 1. The fourth-order valence-corrected chi connectivity index (χ4v) is 4.63. The van der Waals surface area contributed by atoms with Crippen LogP contribution in [0.25, 0.3) is 0 Å². The van der Waals surface area contributed by atoms with E-state index in [-0.39, 0.29) is 4.90 Å². The van der Waals surface area contributed by atoms with Crippen molar-refractivity contribution < 1.29 is 18.0 Å². The van der Waals surface area contributed by atoms with Crippen molar-refractivity contribution in [3.63, 3.8) is 0 Å². The third-order valence-corrected chi connectivity index (χ3v) is 7.06. The summed E-state index contributed by atoms with van der Waals surface area (Å²) in [5, 5.41) is 5.75. The summed E-state index contributed by atoms with van der Waals surface area (Å²) in [7, 11) is -4.17. The normalized spacial score (nSPS) is 11.3. The molecule has 0 fully saturated rings. The molecule has 0 spiro atoms. The molecule has 10 heteroatoms. The number of hydrogen-bond donors (Lipinski definition) is 2. The van der Waals surface area contributed by atoms with E-state index in [9.17, 15) is 18.0 Å². The Balaban J connectivity index is 1.84. The minimum Gasteiger partial charge on any atom is -0.324 e. The molecule has 0 aliphatic carbocycles. The van der Waals surface area contributed by atoms with Gasteiger partial charge in [-0.25, -0.2) is 8.42 Å². The lowest BCUT2D eigenvalue weighted by Gasteiger charge is -2.22. The standard InChI is InChI=1S/C23H21Cl2N3O4S/c1-16-10-12-17(13-11-16)33(31,32)28(14-22(29)26-20-8-4-2-6-18(20)24)15-23(30)27-21-9-5-3-7-19(21)25/h2-13H,14-15H2,1H3,(H,26,29)(H,27,30). The second-order valence-corrected chi connectivity index (χ2v) is 9.89. The molecule has 3 aromatic carbocycles. The van der Waals surface area contributed by atoms with Crippen molar-refractivity contribution in [2.45, 2.75) is 11.8 Å². The molecule has 3 rings (SSSR count). The van der Waals surface area contributed by atoms with Gasteiger partial charge in [-0.3, -0.25) is 9.59 Å². The van der Waals surface area contributed by atoms with Gasteiger partial charge in [-0.15, -0.1) is 0 Å². The molecular formula is C23H21Cl2N3O4S. The average Bonchev–Trinajstić information content (AvgIpc) is 2.77. The minimum absolute atomic E-state index is 0.0378. The Morgan fingerprint density at radius 3 is 1.61 bits per heavy atom. The molecule has 0 saturated heterocycles. The van der Waals surface area contributed by atoms with Crippen LogP contribution in [-0.4, -0.2) is 37.6 Å². The molecular weight excluding hydrogens is 485 g/mol. The fraction of sp³-hybridized carbons (Fsp3) is 0.130. The lowest BCUT2D eigenvalue weighted by molar-refractivity contribution is -0.118. The number of halogens is 2. The lowest BCUT2D eigenvalue weighted by Crippen LogP contribution is -2.42. The highest BCUT2D eigenvalue weighted by atomic mass is 35.5. The molecule has 0 atom stereocenters. The number of carbonyl (C=O) groups excluding carboxylic acids is 2. The lowest BCUT2D eigenvalue weighted by atomic mass is 10.2. The van der Waals surface area contributed by atoms with Gasteiger partial charge in [0.1, 0.15) is 0 Å². The molecule has 0 aromatic heterocycles. The van der Waals surface area contributed by atoms with Gasteiger partial charge in [-0.1, -0.05) is 65.2 Å². The Hall–Kier alpha value is -2.91. The van der Waals surface area contributed by atoms with Gasteiger partial charge in [0.25, 0.3) is 0 Å². The molecule has 0 aliphatic rings. The van der Waals surface area contributed by atoms with Crippen molar-refractivity contribution in [1.82, 2.24) is 4.31 Å². The first-order chi connectivity index (χ1) is 15.7. The summed E-state index contributed by atoms with van der Waals surface area (Å²) in [4.78, 5) is 25.3. The van der Waals surface area contributed by atoms with Gasteiger partial charge < -0.3 is 10.6 Å². The van der Waals surface area contributed by atoms with Gasteiger partial charge in [0.15, 0.2) is 0 Å². The summed E-state index contributed by atoms with van der Waals surface area (Å²) in [6.45, 7) is 0.622. The number of nitrogens with one attached hydrogen (secondary N) is 2. The smallest absolute Gasteiger partial charge is 0.244 e. The summed E-state index contributed by atoms with van der Waals surface area (Å²) in [6.07, 6.45) is 0. The van der Waals surface area contributed by atoms with E-state index in [1.165, 1.54) is 12.1 Å². The van der Waals surface area contributed by atoms with Crippen molar-refractivity contribution in [3.8, 4) is 0 Å². The molecule has 7 nitrogen and oxygen atoms in total. The second kappa shape index (κ2) is 10.8. The zero-order valence-corrected chi connectivity index (χ0v) is 19.9. The molecule has 0 unspecified atom stereocenters. The van der Waals surface area contributed by atoms with E-state index in [4.69, 9.17) is 23.2 Å². The highest BCUT2D eigenvalue weighted by Gasteiger charge is 2.29. The topological polar surface area (TPSA) is 95.6 Å². The molecule has 172 valence electrons. The number of amides is 2. The van der Waals surface area contributed by atoms with E-state index in [1.807, 2.05) is 6.92 Å². The van der Waals surface area contributed by atoms with E-state index in [0.29, 0.717) is 21.4 Å². The van der Waals surface area contributed by atoms with Crippen LogP contribution in [-0.2, 0) is 19.6 Å². The van der Waals surface area contributed by atoms with Gasteiger partial charge in [-0.2, -0.15) is 4.31 Å². The molecule has 0 bridgehead atoms. The van der Waals surface area contributed by atoms with Crippen LogP contribution in [0.5, 0.6) is 0 Å². The van der Waals surface area contributed by atoms with Crippen LogP contribution in [0.3, 0.4) is 0 Å². The molecule has 0 radical (unpaired) electrons. The first-order valence-corrected chi connectivity index (χ1v) is 12.0. The molecule has 33 heavy (non-hydrogen) atoms. The number of para-hydroxylation sites is 2. The largest absolute Gasteiger partial charge is 0.324 e. The van der Waals surface area contributed by atoms with Crippen molar-refractivity contribution >= 4 is 56.4 Å². The van der Waals surface area contributed by atoms with E-state index < -0.39 is 34.9 Å². The summed E-state index contributed by atoms with van der Waals surface area (Å²) in [5.74, 6) is -1.30. The SMILES string of the molecule is Cc1ccc(S(=O)(=O)N(CC(=O)Nc2ccccc2Cl)CC(=O)Nc2ccccc2Cl)cc1. The van der Waals surface area contributed by atoms with Crippen LogP contribution in [0, 0.1) is 6.92 Å². The van der Waals surface area contributed by atoms with Crippen LogP contribution in [0.2, 0.25) is 10.0 Å². The summed E-state index contributed by atoms with van der Waals surface area (Å²) in [6, 6.07) is 19.2. The van der Waals surface area contributed by atoms with E-state index in [0.717, 1.165) is 9.87 Å². The Bertz CT molecular complexity index is 1200. The maximum atomic E-state index is 13.3. The predicted molar refractivity (Wildman–Crippen MR) is 130 cm³/mol. The Morgan fingerprint density at radius 2 is 1.18 bits per heavy atom. The number of sulfonamides is 1. The molecule has 0 aliphatic heterocycles. The van der Waals surface area contributed by atoms with E-state index in [2.05, 4.69) is 10.6 Å². The van der Waals surface area contributed by atoms with E-state index >= 15 is 0 Å². The fourth-order valence-electron chi connectivity index (χ4n) is 2.91. The monoisotopic (exact) mass is 505 g/mol. The van der Waals surface area contributed by atoms with Gasteiger partial charge >= 0.3 is 0 Å². The third kappa shape index (κ3) is 6.55. The highest BCUT2D eigenvalue weighted by Crippen LogP contribution is 2.23. The highest BCUT2D eigenvalue weighted by molar-refractivity contribution is 7.89. The molecule has 2 N–H and O–H groups in total. The number of rotatable bonds is 8. The number of nitrogens with zero attached hydrogens (tertiary/aromatic N) is 1. The van der Waals surface area contributed by atoms with Crippen molar-refractivity contribution in [2.75, 3.05) is 23.7 Å². The Labute approximate surface area is 202 Å². The van der Waals surface area contributed by atoms with Crippen LogP contribution in [0.1, 0.15) is 5.56 Å². The third-order valence-electron chi connectivity index (χ3n) is 4.59. The zero-order chi connectivity index (χ0) is 24.0. The maximum absolute atomic E-state index is 13.3. The van der Waals surface area contributed by atoms with Gasteiger partial charge in [-0.05, 0) is 43.3 Å². The molecule has 0 saturated carbocycles. The Kier molecular flexibility index (Phi) is 8.10. The van der Waals surface area contributed by atoms with Crippen LogP contribution in [0.4, 0.5) is 11.4 Å². The zero-order valence-electron chi connectivity index (χ0n) is 17.6. The molecule has 3 aromatic rings. The van der Waals surface area contributed by atoms with Gasteiger partial charge in [0.2, 0.25) is 21.8 Å². The predicted octanol–water partition coefficient (Wildman–Crippen LogP) is 4.57. The first-order valence-electron chi connectivity index (χ1n) is 9.82. The minimum atomic E-state index is -4.17. The molecule has 2 amide bonds. The van der Waals surface area contributed by atoms with Crippen molar-refractivity contribution in [1.29, 1.82) is 0 Å². The van der Waals surface area contributed by atoms with Crippen LogP contribution in [0.15, 0.2) is 77.7 Å². The second-order valence-electron chi connectivity index (χ2n) is 7.14. The summed E-state index contributed by atoms with van der Waals surface area (Å²) >= 11 is 12.1. The van der Waals surface area contributed by atoms with Crippen LogP contribution < -0.4 is 10.6 Å². The van der Waals surface area contributed by atoms with Gasteiger partial charge in [0.05, 0.1) is 39.4 Å². The number of benzene rings is 3.